The van der Waals surface area contributed by atoms with Crippen molar-refractivity contribution in [2.24, 2.45) is 5.92 Å². The quantitative estimate of drug-likeness (QED) is 0.746. The fraction of sp³-hybridized carbons (Fsp3) is 0.462. The number of fused-ring (bicyclic) bond motifs is 2. The smallest absolute Gasteiger partial charge is 0.254 e. The summed E-state index contributed by atoms with van der Waals surface area (Å²) in [5.41, 5.74) is 0.777. The Labute approximate surface area is 118 Å². The number of hydrogen-bond donors (Lipinski definition) is 0. The number of benzene rings is 1. The van der Waals surface area contributed by atoms with E-state index in [1.807, 2.05) is 18.2 Å². The average molecular weight is 359 g/mol. The summed E-state index contributed by atoms with van der Waals surface area (Å²) >= 11 is 6.86. The Balaban J connectivity index is 1.86. The van der Waals surface area contributed by atoms with E-state index in [1.54, 1.807) is 0 Å². The minimum Gasteiger partial charge on any atom is -0.335 e. The second kappa shape index (κ2) is 4.39. The van der Waals surface area contributed by atoms with Crippen molar-refractivity contribution in [3.05, 3.63) is 32.7 Å². The lowest BCUT2D eigenvalue weighted by Crippen LogP contribution is -2.37. The number of halogens is 2. The van der Waals surface area contributed by atoms with Crippen LogP contribution in [0.4, 0.5) is 0 Å². The molecule has 1 heterocycles. The molecular weight excluding hydrogens is 346 g/mol. The number of carbonyl (C=O) groups excluding carboxylic acids is 1. The number of piperidine rings is 1. The van der Waals surface area contributed by atoms with Crippen LogP contribution >= 0.6 is 31.9 Å². The lowest BCUT2D eigenvalue weighted by atomic mass is 10.1. The molecule has 2 bridgehead atoms. The van der Waals surface area contributed by atoms with Crippen LogP contribution in [-0.2, 0) is 0 Å². The monoisotopic (exact) mass is 357 g/mol. The Hall–Kier alpha value is -0.350. The summed E-state index contributed by atoms with van der Waals surface area (Å²) < 4.78 is 1.89. The van der Waals surface area contributed by atoms with Gasteiger partial charge in [0.1, 0.15) is 0 Å². The number of nitrogens with zero attached hydrogens (tertiary/aromatic N) is 1. The molecule has 4 heteroatoms. The molecule has 2 aliphatic rings. The summed E-state index contributed by atoms with van der Waals surface area (Å²) in [6, 6.07) is 6.25. The van der Waals surface area contributed by atoms with Gasteiger partial charge in [-0.25, -0.2) is 0 Å². The van der Waals surface area contributed by atoms with Crippen LogP contribution in [0.2, 0.25) is 0 Å². The van der Waals surface area contributed by atoms with Crippen LogP contribution in [0.5, 0.6) is 0 Å². The van der Waals surface area contributed by atoms with Gasteiger partial charge in [-0.15, -0.1) is 0 Å². The van der Waals surface area contributed by atoms with Crippen molar-refractivity contribution in [2.75, 3.05) is 6.54 Å². The van der Waals surface area contributed by atoms with Gasteiger partial charge in [-0.3, -0.25) is 4.79 Å². The van der Waals surface area contributed by atoms with Crippen LogP contribution in [0.15, 0.2) is 27.1 Å². The van der Waals surface area contributed by atoms with E-state index < -0.39 is 0 Å². The molecule has 2 unspecified atom stereocenters. The van der Waals surface area contributed by atoms with Crippen LogP contribution in [0.25, 0.3) is 0 Å². The van der Waals surface area contributed by atoms with Crippen molar-refractivity contribution in [3.63, 3.8) is 0 Å². The highest BCUT2D eigenvalue weighted by Crippen LogP contribution is 2.38. The molecule has 0 spiro atoms. The summed E-state index contributed by atoms with van der Waals surface area (Å²) in [6.07, 6.45) is 3.70. The van der Waals surface area contributed by atoms with Crippen molar-refractivity contribution in [2.45, 2.75) is 25.3 Å². The molecule has 1 saturated heterocycles. The van der Waals surface area contributed by atoms with Crippen molar-refractivity contribution >= 4 is 37.8 Å². The van der Waals surface area contributed by atoms with Gasteiger partial charge in [0.2, 0.25) is 0 Å². The van der Waals surface area contributed by atoms with Gasteiger partial charge in [0.25, 0.3) is 5.91 Å². The van der Waals surface area contributed by atoms with Gasteiger partial charge in [0, 0.05) is 27.1 Å². The average Bonchev–Trinajstić information content (AvgIpc) is 2.88. The van der Waals surface area contributed by atoms with Gasteiger partial charge in [-0.1, -0.05) is 31.9 Å². The van der Waals surface area contributed by atoms with Crippen LogP contribution in [-0.4, -0.2) is 23.4 Å². The van der Waals surface area contributed by atoms with Crippen LogP contribution in [0, 0.1) is 5.92 Å². The highest BCUT2D eigenvalue weighted by atomic mass is 79.9. The fourth-order valence-electron chi connectivity index (χ4n) is 3.02. The first kappa shape index (κ1) is 11.7. The van der Waals surface area contributed by atoms with E-state index in [1.165, 1.54) is 19.3 Å². The number of hydrogen-bond acceptors (Lipinski definition) is 1. The highest BCUT2D eigenvalue weighted by molar-refractivity contribution is 9.11. The van der Waals surface area contributed by atoms with E-state index in [0.29, 0.717) is 6.04 Å². The molecule has 3 rings (SSSR count). The number of likely N-dealkylation sites (tertiary alicyclic amines) is 1. The normalized spacial score (nSPS) is 26.6. The van der Waals surface area contributed by atoms with E-state index >= 15 is 0 Å². The van der Waals surface area contributed by atoms with Gasteiger partial charge >= 0.3 is 0 Å². The first-order chi connectivity index (χ1) is 8.13. The molecule has 17 heavy (non-hydrogen) atoms. The lowest BCUT2D eigenvalue weighted by molar-refractivity contribution is 0.0703. The topological polar surface area (TPSA) is 20.3 Å². The first-order valence-electron chi connectivity index (χ1n) is 5.90. The molecule has 1 aliphatic carbocycles. The maximum absolute atomic E-state index is 12.4. The fourth-order valence-corrected chi connectivity index (χ4v) is 4.31. The maximum atomic E-state index is 12.4. The number of amides is 1. The minimum absolute atomic E-state index is 0.180. The molecule has 2 nitrogen and oxygen atoms in total. The Morgan fingerprint density at radius 2 is 1.88 bits per heavy atom. The van der Waals surface area contributed by atoms with Gasteiger partial charge in [0.15, 0.2) is 0 Å². The summed E-state index contributed by atoms with van der Waals surface area (Å²) in [5, 5.41) is 0. The molecule has 1 aromatic rings. The van der Waals surface area contributed by atoms with Gasteiger partial charge in [-0.2, -0.15) is 0 Å². The van der Waals surface area contributed by atoms with Crippen molar-refractivity contribution in [1.29, 1.82) is 0 Å². The molecule has 1 amide bonds. The Morgan fingerprint density at radius 3 is 2.41 bits per heavy atom. The van der Waals surface area contributed by atoms with E-state index in [9.17, 15) is 4.79 Å². The van der Waals surface area contributed by atoms with Crippen molar-refractivity contribution in [3.8, 4) is 0 Å². The molecule has 1 saturated carbocycles. The van der Waals surface area contributed by atoms with Gasteiger partial charge in [-0.05, 0) is 43.4 Å². The third kappa shape index (κ3) is 2.17. The highest BCUT2D eigenvalue weighted by Gasteiger charge is 2.40. The molecular formula is C13H13Br2NO. The molecule has 2 fully saturated rings. The predicted octanol–water partition coefficient (Wildman–Crippen LogP) is 3.84. The Morgan fingerprint density at radius 1 is 1.18 bits per heavy atom. The van der Waals surface area contributed by atoms with E-state index in [0.717, 1.165) is 27.0 Å². The SMILES string of the molecule is O=C(c1cc(Br)cc(Br)c1)N1CC2CCC1C2. The van der Waals surface area contributed by atoms with Gasteiger partial charge < -0.3 is 4.90 Å². The third-order valence-corrected chi connectivity index (χ3v) is 4.70. The summed E-state index contributed by atoms with van der Waals surface area (Å²) in [6.45, 7) is 0.952. The zero-order valence-corrected chi connectivity index (χ0v) is 12.5. The summed E-state index contributed by atoms with van der Waals surface area (Å²) in [5.74, 6) is 0.929. The molecule has 0 aromatic heterocycles. The number of rotatable bonds is 1. The van der Waals surface area contributed by atoms with Crippen molar-refractivity contribution < 1.29 is 4.79 Å². The molecule has 0 N–H and O–H groups in total. The first-order valence-corrected chi connectivity index (χ1v) is 7.49. The molecule has 1 aliphatic heterocycles. The van der Waals surface area contributed by atoms with Crippen LogP contribution in [0.3, 0.4) is 0 Å². The molecule has 2 atom stereocenters. The Bertz CT molecular complexity index is 454. The standard InChI is InChI=1S/C13H13Br2NO/c14-10-4-9(5-11(15)6-10)13(17)16-7-8-1-2-12(16)3-8/h4-6,8,12H,1-3,7H2. The zero-order valence-electron chi connectivity index (χ0n) is 9.33. The summed E-state index contributed by atoms with van der Waals surface area (Å²) in [4.78, 5) is 14.5. The maximum Gasteiger partial charge on any atom is 0.254 e. The van der Waals surface area contributed by atoms with E-state index in [2.05, 4.69) is 36.8 Å². The Kier molecular flexibility index (Phi) is 3.03. The molecule has 1 aromatic carbocycles. The largest absolute Gasteiger partial charge is 0.335 e. The second-order valence-electron chi connectivity index (χ2n) is 4.95. The predicted molar refractivity (Wildman–Crippen MR) is 74.0 cm³/mol. The second-order valence-corrected chi connectivity index (χ2v) is 6.78. The van der Waals surface area contributed by atoms with Crippen molar-refractivity contribution in [1.82, 2.24) is 4.90 Å². The van der Waals surface area contributed by atoms with E-state index in [-0.39, 0.29) is 5.91 Å². The zero-order chi connectivity index (χ0) is 12.0. The molecule has 0 radical (unpaired) electrons. The van der Waals surface area contributed by atoms with Crippen LogP contribution < -0.4 is 0 Å². The van der Waals surface area contributed by atoms with E-state index in [4.69, 9.17) is 0 Å². The lowest BCUT2D eigenvalue weighted by Gasteiger charge is -2.27. The molecule has 90 valence electrons. The van der Waals surface area contributed by atoms with Gasteiger partial charge in [0.05, 0.1) is 0 Å². The van der Waals surface area contributed by atoms with Crippen LogP contribution in [0.1, 0.15) is 29.6 Å². The number of carbonyl (C=O) groups is 1. The third-order valence-electron chi connectivity index (χ3n) is 3.78. The minimum atomic E-state index is 0.180. The summed E-state index contributed by atoms with van der Waals surface area (Å²) in [7, 11) is 0.